The highest BCUT2D eigenvalue weighted by Gasteiger charge is 2.22. The number of likely N-dealkylation sites (tertiary alicyclic amines) is 1. The average Bonchev–Trinajstić information content (AvgIpc) is 3.52. The first kappa shape index (κ1) is 26.3. The first-order chi connectivity index (χ1) is 16.0. The number of aliphatic imine (C=N–C) groups is 1. The summed E-state index contributed by atoms with van der Waals surface area (Å²) in [4.78, 5) is 6.39. The van der Waals surface area contributed by atoms with E-state index in [1.807, 2.05) is 48.7 Å². The lowest BCUT2D eigenvalue weighted by molar-refractivity contribution is 0.334. The summed E-state index contributed by atoms with van der Waals surface area (Å²) in [5.74, 6) is 0. The molecular weight excluding hydrogens is 406 g/mol. The molecule has 176 valence electrons. The molecule has 1 saturated heterocycles. The van der Waals surface area contributed by atoms with Crippen LogP contribution in [-0.2, 0) is 6.54 Å². The highest BCUT2D eigenvalue weighted by atomic mass is 15.2. The van der Waals surface area contributed by atoms with Crippen LogP contribution in [-0.4, -0.2) is 37.3 Å². The summed E-state index contributed by atoms with van der Waals surface area (Å²) in [6.07, 6.45) is 9.05. The average molecular weight is 446 g/mol. The third-order valence-corrected chi connectivity index (χ3v) is 5.57. The van der Waals surface area contributed by atoms with Crippen LogP contribution in [0.5, 0.6) is 0 Å². The topological polar surface area (TPSA) is 79.7 Å². The summed E-state index contributed by atoms with van der Waals surface area (Å²) < 4.78 is 0. The summed E-state index contributed by atoms with van der Waals surface area (Å²) in [5.41, 5.74) is 15.5. The highest BCUT2D eigenvalue weighted by molar-refractivity contribution is 5.81. The second kappa shape index (κ2) is 15.0. The predicted octanol–water partition coefficient (Wildman–Crippen LogP) is 4.56. The fourth-order valence-corrected chi connectivity index (χ4v) is 3.65. The molecule has 0 bridgehead atoms. The molecule has 1 unspecified atom stereocenters. The first-order valence-corrected chi connectivity index (χ1v) is 11.5. The van der Waals surface area contributed by atoms with E-state index in [0.29, 0.717) is 6.04 Å². The maximum Gasteiger partial charge on any atom is 0.0784 e. The van der Waals surface area contributed by atoms with Gasteiger partial charge in [0.1, 0.15) is 0 Å². The minimum Gasteiger partial charge on any atom is -0.383 e. The van der Waals surface area contributed by atoms with Gasteiger partial charge in [0.05, 0.1) is 12.7 Å². The Morgan fingerprint density at radius 3 is 2.30 bits per heavy atom. The Kier molecular flexibility index (Phi) is 11.9. The number of nitrogens with two attached hydrogens (primary N) is 2. The van der Waals surface area contributed by atoms with E-state index in [-0.39, 0.29) is 6.17 Å². The fourth-order valence-electron chi connectivity index (χ4n) is 3.65. The van der Waals surface area contributed by atoms with Crippen molar-refractivity contribution in [2.45, 2.75) is 38.0 Å². The second-order valence-corrected chi connectivity index (χ2v) is 8.21. The summed E-state index contributed by atoms with van der Waals surface area (Å²) in [5, 5.41) is 3.44. The zero-order valence-corrected chi connectivity index (χ0v) is 19.9. The van der Waals surface area contributed by atoms with Crippen LogP contribution in [0, 0.1) is 0 Å². The van der Waals surface area contributed by atoms with Crippen molar-refractivity contribution >= 4 is 6.21 Å². The molecule has 2 aromatic rings. The van der Waals surface area contributed by atoms with E-state index in [4.69, 9.17) is 11.5 Å². The molecule has 0 spiro atoms. The lowest BCUT2D eigenvalue weighted by Crippen LogP contribution is -2.32. The predicted molar refractivity (Wildman–Crippen MR) is 142 cm³/mol. The SMILES string of the molecule is C=C(NCc1ccccc1)C1CCCN1C.C=CCC1=CCN=C1.NC(N)c1ccccc1. The zero-order valence-electron chi connectivity index (χ0n) is 19.9. The Morgan fingerprint density at radius 2 is 1.82 bits per heavy atom. The van der Waals surface area contributed by atoms with Gasteiger partial charge in [-0.15, -0.1) is 6.58 Å². The van der Waals surface area contributed by atoms with Gasteiger partial charge in [-0.05, 0) is 49.6 Å². The maximum absolute atomic E-state index is 5.39. The molecule has 2 aromatic carbocycles. The summed E-state index contributed by atoms with van der Waals surface area (Å²) >= 11 is 0. The molecule has 5 N–H and O–H groups in total. The van der Waals surface area contributed by atoms with Crippen LogP contribution in [0.25, 0.3) is 0 Å². The molecule has 2 aliphatic rings. The van der Waals surface area contributed by atoms with Gasteiger partial charge in [-0.25, -0.2) is 0 Å². The number of hydrogen-bond acceptors (Lipinski definition) is 5. The van der Waals surface area contributed by atoms with Crippen molar-refractivity contribution in [3.8, 4) is 0 Å². The van der Waals surface area contributed by atoms with Crippen molar-refractivity contribution in [3.05, 3.63) is 108 Å². The molecule has 2 heterocycles. The first-order valence-electron chi connectivity index (χ1n) is 11.5. The number of likely N-dealkylation sites (N-methyl/N-ethyl adjacent to an activating group) is 1. The molecule has 2 aliphatic heterocycles. The van der Waals surface area contributed by atoms with E-state index in [1.165, 1.54) is 30.5 Å². The molecule has 0 saturated carbocycles. The van der Waals surface area contributed by atoms with Crippen molar-refractivity contribution in [3.63, 3.8) is 0 Å². The molecule has 0 radical (unpaired) electrons. The standard InChI is InChI=1S/C14H20N2.C7H10N2.C7H9N/c1-12(14-9-6-10-16(14)2)15-11-13-7-4-3-5-8-13;8-7(9)6-4-2-1-3-5-6;1-2-3-7-4-5-8-6-7/h3-5,7-8,14-15H,1,6,9-11H2,2H3;1-5,7H,8-9H2;2,4,6H,1,3,5H2. The van der Waals surface area contributed by atoms with Gasteiger partial charge < -0.3 is 16.8 Å². The lowest BCUT2D eigenvalue weighted by Gasteiger charge is -2.22. The van der Waals surface area contributed by atoms with Gasteiger partial charge in [-0.2, -0.15) is 0 Å². The second-order valence-electron chi connectivity index (χ2n) is 8.21. The van der Waals surface area contributed by atoms with Crippen LogP contribution in [0.2, 0.25) is 0 Å². The van der Waals surface area contributed by atoms with Crippen LogP contribution >= 0.6 is 0 Å². The van der Waals surface area contributed by atoms with Crippen LogP contribution in [0.4, 0.5) is 0 Å². The molecule has 33 heavy (non-hydrogen) atoms. The smallest absolute Gasteiger partial charge is 0.0784 e. The fraction of sp³-hybridized carbons (Fsp3) is 0.321. The van der Waals surface area contributed by atoms with Crippen LogP contribution in [0.15, 0.2) is 102 Å². The number of rotatable bonds is 7. The van der Waals surface area contributed by atoms with Gasteiger partial charge in [0.15, 0.2) is 0 Å². The number of allylic oxidation sites excluding steroid dienone is 2. The van der Waals surface area contributed by atoms with E-state index in [9.17, 15) is 0 Å². The molecule has 5 heteroatoms. The van der Waals surface area contributed by atoms with Gasteiger partial charge >= 0.3 is 0 Å². The maximum atomic E-state index is 5.39. The summed E-state index contributed by atoms with van der Waals surface area (Å²) in [7, 11) is 2.17. The van der Waals surface area contributed by atoms with Crippen LogP contribution < -0.4 is 16.8 Å². The molecule has 1 fully saturated rings. The third-order valence-electron chi connectivity index (χ3n) is 5.57. The number of hydrogen-bond donors (Lipinski definition) is 3. The van der Waals surface area contributed by atoms with Crippen LogP contribution in [0.1, 0.15) is 36.6 Å². The molecule has 4 rings (SSSR count). The van der Waals surface area contributed by atoms with E-state index in [0.717, 1.165) is 30.8 Å². The molecular formula is C28H39N5. The quantitative estimate of drug-likeness (QED) is 0.431. The normalized spacial score (nSPS) is 16.8. The highest BCUT2D eigenvalue weighted by Crippen LogP contribution is 2.19. The Morgan fingerprint density at radius 1 is 1.15 bits per heavy atom. The van der Waals surface area contributed by atoms with Gasteiger partial charge in [0.2, 0.25) is 0 Å². The number of benzene rings is 2. The molecule has 0 aliphatic carbocycles. The van der Waals surface area contributed by atoms with Crippen LogP contribution in [0.3, 0.4) is 0 Å². The van der Waals surface area contributed by atoms with Crippen molar-refractivity contribution in [2.75, 3.05) is 20.1 Å². The largest absolute Gasteiger partial charge is 0.383 e. The Labute approximate surface area is 199 Å². The summed E-state index contributed by atoms with van der Waals surface area (Å²) in [6, 6.07) is 20.6. The van der Waals surface area contributed by atoms with Gasteiger partial charge in [-0.3, -0.25) is 9.89 Å². The van der Waals surface area contributed by atoms with E-state index < -0.39 is 0 Å². The van der Waals surface area contributed by atoms with E-state index in [2.05, 4.69) is 65.8 Å². The number of nitrogens with one attached hydrogen (secondary N) is 1. The van der Waals surface area contributed by atoms with Gasteiger partial charge in [0.25, 0.3) is 0 Å². The molecule has 1 atom stereocenters. The van der Waals surface area contributed by atoms with Crippen molar-refractivity contribution in [1.29, 1.82) is 0 Å². The lowest BCUT2D eigenvalue weighted by atomic mass is 10.1. The Bertz CT molecular complexity index is 887. The molecule has 0 aromatic heterocycles. The van der Waals surface area contributed by atoms with Gasteiger partial charge in [0, 0.05) is 24.5 Å². The Balaban J connectivity index is 0.000000192. The molecule has 5 nitrogen and oxygen atoms in total. The molecule has 0 amide bonds. The minimum absolute atomic E-state index is 0.341. The van der Waals surface area contributed by atoms with E-state index in [1.54, 1.807) is 0 Å². The summed E-state index contributed by atoms with van der Waals surface area (Å²) in [6.45, 7) is 10.7. The van der Waals surface area contributed by atoms with Crippen molar-refractivity contribution in [2.24, 2.45) is 16.5 Å². The zero-order chi connectivity index (χ0) is 23.9. The number of nitrogens with zero attached hydrogens (tertiary/aromatic N) is 2. The van der Waals surface area contributed by atoms with Gasteiger partial charge in [-0.1, -0.05) is 79.4 Å². The minimum atomic E-state index is -0.341. The van der Waals surface area contributed by atoms with E-state index >= 15 is 0 Å². The van der Waals surface area contributed by atoms with Crippen molar-refractivity contribution in [1.82, 2.24) is 10.2 Å². The van der Waals surface area contributed by atoms with Crippen molar-refractivity contribution < 1.29 is 0 Å². The Hall–Kier alpha value is -2.99. The third kappa shape index (κ3) is 10.00. The monoisotopic (exact) mass is 445 g/mol.